The van der Waals surface area contributed by atoms with E-state index in [1.165, 1.54) is 4.90 Å². The fourth-order valence-electron chi connectivity index (χ4n) is 3.16. The Morgan fingerprint density at radius 3 is 2.52 bits per heavy atom. The number of hydrogen-bond acceptors (Lipinski definition) is 4. The molecular weight excluding hydrogens is 408 g/mol. The third kappa shape index (κ3) is 4.28. The number of carbonyl (C=O) groups excluding carboxylic acids is 1. The minimum atomic E-state index is -4.89. The van der Waals surface area contributed by atoms with Gasteiger partial charge < -0.3 is 15.8 Å². The van der Waals surface area contributed by atoms with E-state index in [9.17, 15) is 36.3 Å². The first-order chi connectivity index (χ1) is 13.5. The minimum absolute atomic E-state index is 0.114. The van der Waals surface area contributed by atoms with Crippen LogP contribution in [0.1, 0.15) is 23.6 Å². The van der Waals surface area contributed by atoms with E-state index in [1.54, 1.807) is 0 Å². The number of aromatic nitrogens is 3. The number of rotatable bonds is 4. The summed E-state index contributed by atoms with van der Waals surface area (Å²) in [5.41, 5.74) is 5.59. The maximum Gasteiger partial charge on any atom is 0.497 e. The van der Waals surface area contributed by atoms with Gasteiger partial charge in [-0.25, -0.2) is 17.7 Å². The molecule has 2 N–H and O–H groups in total. The Morgan fingerprint density at radius 2 is 1.86 bits per heavy atom. The Hall–Kier alpha value is -2.83. The lowest BCUT2D eigenvalue weighted by Crippen LogP contribution is -2.42. The predicted molar refractivity (Wildman–Crippen MR) is 84.2 cm³/mol. The molecule has 1 aliphatic rings. The highest BCUT2D eigenvalue weighted by molar-refractivity contribution is 5.76. The number of alkyl halides is 3. The van der Waals surface area contributed by atoms with Crippen LogP contribution >= 0.6 is 0 Å². The summed E-state index contributed by atoms with van der Waals surface area (Å²) in [7, 11) is 0. The molecule has 158 valence electrons. The number of fused-ring (bicyclic) bond motifs is 1. The third-order valence-electron chi connectivity index (χ3n) is 4.49. The quantitative estimate of drug-likeness (QED) is 0.347. The molecule has 0 saturated heterocycles. The van der Waals surface area contributed by atoms with Gasteiger partial charge >= 0.3 is 12.0 Å². The first-order valence-corrected chi connectivity index (χ1v) is 8.40. The van der Waals surface area contributed by atoms with Gasteiger partial charge in [-0.2, -0.15) is 13.2 Å². The number of nitrogens with zero attached hydrogens (tertiary/aromatic N) is 4. The average molecular weight is 423 g/mol. The molecule has 7 nitrogen and oxygen atoms in total. The Kier molecular flexibility index (Phi) is 5.43. The molecule has 3 rings (SSSR count). The van der Waals surface area contributed by atoms with Crippen molar-refractivity contribution in [2.75, 3.05) is 6.54 Å². The van der Waals surface area contributed by atoms with E-state index in [4.69, 9.17) is 5.73 Å². The maximum absolute atomic E-state index is 13.7. The van der Waals surface area contributed by atoms with Crippen molar-refractivity contribution in [1.29, 1.82) is 0 Å². The first-order valence-electron chi connectivity index (χ1n) is 8.40. The molecule has 0 fully saturated rings. The van der Waals surface area contributed by atoms with Gasteiger partial charge in [-0.15, -0.1) is 4.85 Å². The molecule has 1 amide bonds. The van der Waals surface area contributed by atoms with Crippen LogP contribution in [0.4, 0.5) is 26.3 Å². The normalized spacial score (nSPS) is 15.3. The summed E-state index contributed by atoms with van der Waals surface area (Å²) in [5, 5.41) is 14.7. The molecule has 0 unspecified atom stereocenters. The second kappa shape index (κ2) is 7.54. The zero-order chi connectivity index (χ0) is 21.5. The van der Waals surface area contributed by atoms with Gasteiger partial charge in [0.15, 0.2) is 11.6 Å². The second-order valence-corrected chi connectivity index (χ2v) is 6.60. The summed E-state index contributed by atoms with van der Waals surface area (Å²) in [5.74, 6) is -5.87. The van der Waals surface area contributed by atoms with Crippen LogP contribution in [-0.4, -0.2) is 33.1 Å². The van der Waals surface area contributed by atoms with Crippen LogP contribution in [-0.2, 0) is 30.5 Å². The van der Waals surface area contributed by atoms with Crippen LogP contribution < -0.4 is 10.6 Å². The number of carbonyl (C=O) groups is 1. The van der Waals surface area contributed by atoms with Gasteiger partial charge in [-0.3, -0.25) is 4.79 Å². The van der Waals surface area contributed by atoms with Crippen LogP contribution in [0.2, 0.25) is 0 Å². The summed E-state index contributed by atoms with van der Waals surface area (Å²) < 4.78 is 79.4. The number of nitrogens with two attached hydrogens (primary N) is 1. The maximum atomic E-state index is 13.7. The van der Waals surface area contributed by atoms with Gasteiger partial charge in [-0.05, 0) is 23.1 Å². The molecular formula is C16H15F6N5O2. The van der Waals surface area contributed by atoms with Crippen LogP contribution in [0, 0.1) is 22.7 Å². The van der Waals surface area contributed by atoms with Crippen LogP contribution in [0.25, 0.3) is 0 Å². The molecule has 13 heteroatoms. The van der Waals surface area contributed by atoms with Crippen molar-refractivity contribution in [2.24, 2.45) is 5.73 Å². The molecule has 1 atom stereocenters. The van der Waals surface area contributed by atoms with E-state index >= 15 is 0 Å². The number of hydrogen-bond donors (Lipinski definition) is 1. The van der Waals surface area contributed by atoms with Crippen molar-refractivity contribution in [3.8, 4) is 0 Å². The lowest BCUT2D eigenvalue weighted by atomic mass is 10.0. The SMILES string of the molecule is N[C@@H](CC(=O)N1CCn2c(n[n+]([O-])c2C(F)(F)F)C1)Cc1cc(F)c(F)cc1F. The van der Waals surface area contributed by atoms with Gasteiger partial charge in [0.1, 0.15) is 18.9 Å². The summed E-state index contributed by atoms with van der Waals surface area (Å²) in [6.07, 6.45) is -5.46. The molecule has 1 aromatic carbocycles. The van der Waals surface area contributed by atoms with Gasteiger partial charge in [0, 0.05) is 18.5 Å². The lowest BCUT2D eigenvalue weighted by molar-refractivity contribution is -0.687. The Balaban J connectivity index is 1.66. The summed E-state index contributed by atoms with van der Waals surface area (Å²) in [4.78, 5) is 13.0. The smallest absolute Gasteiger partial charge is 0.497 e. The zero-order valence-corrected chi connectivity index (χ0v) is 14.7. The van der Waals surface area contributed by atoms with Crippen LogP contribution in [0.5, 0.6) is 0 Å². The molecule has 29 heavy (non-hydrogen) atoms. The van der Waals surface area contributed by atoms with Crippen LogP contribution in [0.15, 0.2) is 12.1 Å². The van der Waals surface area contributed by atoms with Crippen molar-refractivity contribution >= 4 is 5.91 Å². The van der Waals surface area contributed by atoms with Gasteiger partial charge in [0.05, 0.1) is 6.54 Å². The lowest BCUT2D eigenvalue weighted by Gasteiger charge is -2.26. The molecule has 1 aliphatic heterocycles. The summed E-state index contributed by atoms with van der Waals surface area (Å²) in [6.45, 7) is -0.730. The first kappa shape index (κ1) is 20.9. The number of halogens is 6. The molecule has 2 aromatic rings. The zero-order valence-electron chi connectivity index (χ0n) is 14.7. The second-order valence-electron chi connectivity index (χ2n) is 6.60. The standard InChI is InChI=1S/C16H15F6N5O2/c17-10-6-12(19)11(18)4-8(10)3-9(23)5-14(28)25-1-2-26-13(7-25)24-27(29)15(26)16(20,21)22/h4,6,9H,1-3,5,7,23H2/t9-/m1/s1. The topological polar surface area (TPSA) is 91.1 Å². The van der Waals surface area contributed by atoms with E-state index < -0.39 is 46.2 Å². The van der Waals surface area contributed by atoms with E-state index in [-0.39, 0.29) is 43.9 Å². The summed E-state index contributed by atoms with van der Waals surface area (Å²) >= 11 is 0. The van der Waals surface area contributed by atoms with E-state index in [2.05, 4.69) is 5.10 Å². The number of amides is 1. The molecule has 0 aliphatic carbocycles. The van der Waals surface area contributed by atoms with Crippen molar-refractivity contribution in [2.45, 2.75) is 38.1 Å². The fourth-order valence-corrected chi connectivity index (χ4v) is 3.16. The molecule has 0 bridgehead atoms. The largest absolute Gasteiger partial charge is 0.691 e. The highest BCUT2D eigenvalue weighted by Crippen LogP contribution is 2.28. The molecule has 0 radical (unpaired) electrons. The van der Waals surface area contributed by atoms with E-state index in [0.717, 1.165) is 0 Å². The Labute approximate surface area is 159 Å². The molecule has 2 heterocycles. The highest BCUT2D eigenvalue weighted by Gasteiger charge is 2.47. The monoisotopic (exact) mass is 423 g/mol. The van der Waals surface area contributed by atoms with Crippen molar-refractivity contribution in [3.05, 3.63) is 52.0 Å². The van der Waals surface area contributed by atoms with E-state index in [0.29, 0.717) is 16.7 Å². The third-order valence-corrected chi connectivity index (χ3v) is 4.49. The minimum Gasteiger partial charge on any atom is -0.691 e. The number of benzene rings is 1. The highest BCUT2D eigenvalue weighted by atomic mass is 19.4. The molecule has 0 spiro atoms. The predicted octanol–water partition coefficient (Wildman–Crippen LogP) is 1.25. The van der Waals surface area contributed by atoms with Gasteiger partial charge in [0.25, 0.3) is 5.82 Å². The average Bonchev–Trinajstić information content (AvgIpc) is 2.94. The van der Waals surface area contributed by atoms with Crippen molar-refractivity contribution < 1.29 is 36.0 Å². The Morgan fingerprint density at radius 1 is 1.21 bits per heavy atom. The van der Waals surface area contributed by atoms with Crippen molar-refractivity contribution in [3.63, 3.8) is 0 Å². The molecule has 0 saturated carbocycles. The van der Waals surface area contributed by atoms with E-state index in [1.807, 2.05) is 0 Å². The van der Waals surface area contributed by atoms with Crippen LogP contribution in [0.3, 0.4) is 0 Å². The fraction of sp³-hybridized carbons (Fsp3) is 0.438. The molecule has 1 aromatic heterocycles. The van der Waals surface area contributed by atoms with Gasteiger partial charge in [-0.1, -0.05) is 0 Å². The van der Waals surface area contributed by atoms with Crippen molar-refractivity contribution in [1.82, 2.24) is 14.6 Å². The van der Waals surface area contributed by atoms with Gasteiger partial charge in [0.2, 0.25) is 5.91 Å². The summed E-state index contributed by atoms with van der Waals surface area (Å²) in [6, 6.07) is 0.0806. The Bertz CT molecular complexity index is 945.